The average Bonchev–Trinajstić information content (AvgIpc) is 2.56. The maximum absolute atomic E-state index is 12.1. The molecule has 1 N–H and O–H groups in total. The zero-order valence-corrected chi connectivity index (χ0v) is 13.0. The minimum atomic E-state index is -0.371. The molecule has 1 aliphatic rings. The van der Waals surface area contributed by atoms with Crippen LogP contribution in [0.3, 0.4) is 0 Å². The molecule has 0 atom stereocenters. The van der Waals surface area contributed by atoms with Crippen LogP contribution in [0.4, 0.5) is 5.69 Å². The van der Waals surface area contributed by atoms with Crippen LogP contribution in [0.15, 0.2) is 12.1 Å². The van der Waals surface area contributed by atoms with Gasteiger partial charge in [-0.3, -0.25) is 19.3 Å². The van der Waals surface area contributed by atoms with E-state index in [0.29, 0.717) is 42.2 Å². The Balaban J connectivity index is 2.26. The van der Waals surface area contributed by atoms with Crippen LogP contribution >= 0.6 is 0 Å². The van der Waals surface area contributed by atoms with Gasteiger partial charge in [0, 0.05) is 19.2 Å². The van der Waals surface area contributed by atoms with Gasteiger partial charge in [0.15, 0.2) is 18.1 Å². The second kappa shape index (κ2) is 7.59. The number of ether oxygens (including phenoxy) is 3. The minimum Gasteiger partial charge on any atom is -0.493 e. The molecule has 0 radical (unpaired) electrons. The van der Waals surface area contributed by atoms with Crippen LogP contribution in [0.5, 0.6) is 11.5 Å². The first-order valence-corrected chi connectivity index (χ1v) is 6.96. The summed E-state index contributed by atoms with van der Waals surface area (Å²) in [5.74, 6) is -0.0347. The van der Waals surface area contributed by atoms with E-state index in [1.165, 1.54) is 31.3 Å². The predicted molar refractivity (Wildman–Crippen MR) is 81.1 cm³/mol. The molecule has 1 aliphatic heterocycles. The highest BCUT2D eigenvalue weighted by Gasteiger charge is 2.30. The lowest BCUT2D eigenvalue weighted by atomic mass is 10.1. The number of anilines is 1. The molecule has 1 aromatic carbocycles. The van der Waals surface area contributed by atoms with Crippen molar-refractivity contribution < 1.29 is 28.6 Å². The second-order valence-electron chi connectivity index (χ2n) is 4.80. The van der Waals surface area contributed by atoms with E-state index in [9.17, 15) is 14.4 Å². The number of carbonyl (C=O) groups is 3. The predicted octanol–water partition coefficient (Wildman–Crippen LogP) is -0.00430. The average molecular weight is 322 g/mol. The Morgan fingerprint density at radius 2 is 2.22 bits per heavy atom. The highest BCUT2D eigenvalue weighted by Crippen LogP contribution is 2.41. The van der Waals surface area contributed by atoms with Crippen molar-refractivity contribution in [2.45, 2.75) is 0 Å². The van der Waals surface area contributed by atoms with Crippen molar-refractivity contribution in [2.24, 2.45) is 0 Å². The standard InChI is InChI=1S/C15H18N2O6/c1-21-4-3-16-13(19)7-17-11-5-10(8-18)6-12(22-2)15(11)23-9-14(17)20/h5-6,8H,3-4,7,9H2,1-2H3,(H,16,19). The van der Waals surface area contributed by atoms with Crippen molar-refractivity contribution in [2.75, 3.05) is 45.4 Å². The Hall–Kier alpha value is -2.61. The highest BCUT2D eigenvalue weighted by molar-refractivity contribution is 6.03. The number of hydrogen-bond acceptors (Lipinski definition) is 6. The number of rotatable bonds is 7. The summed E-state index contributed by atoms with van der Waals surface area (Å²) in [7, 11) is 2.97. The first-order valence-electron chi connectivity index (χ1n) is 6.96. The SMILES string of the molecule is COCCNC(=O)CN1C(=O)COc2c(OC)cc(C=O)cc21. The lowest BCUT2D eigenvalue weighted by Gasteiger charge is -2.30. The summed E-state index contributed by atoms with van der Waals surface area (Å²) in [6.07, 6.45) is 0.638. The van der Waals surface area contributed by atoms with E-state index < -0.39 is 0 Å². The third kappa shape index (κ3) is 3.78. The topological polar surface area (TPSA) is 94.2 Å². The number of nitrogens with zero attached hydrogens (tertiary/aromatic N) is 1. The maximum Gasteiger partial charge on any atom is 0.265 e. The molecule has 1 aromatic rings. The van der Waals surface area contributed by atoms with E-state index in [2.05, 4.69) is 5.32 Å². The van der Waals surface area contributed by atoms with Gasteiger partial charge >= 0.3 is 0 Å². The smallest absolute Gasteiger partial charge is 0.265 e. The van der Waals surface area contributed by atoms with E-state index in [1.54, 1.807) is 0 Å². The van der Waals surface area contributed by atoms with Gasteiger partial charge in [0.25, 0.3) is 5.91 Å². The van der Waals surface area contributed by atoms with E-state index >= 15 is 0 Å². The number of hydrogen-bond donors (Lipinski definition) is 1. The molecular weight excluding hydrogens is 304 g/mol. The normalized spacial score (nSPS) is 13.1. The summed E-state index contributed by atoms with van der Waals surface area (Å²) in [5.41, 5.74) is 0.660. The van der Waals surface area contributed by atoms with Gasteiger partial charge in [-0.05, 0) is 12.1 Å². The molecule has 0 saturated carbocycles. The molecule has 0 spiro atoms. The number of carbonyl (C=O) groups excluding carboxylic acids is 3. The van der Waals surface area contributed by atoms with Crippen molar-refractivity contribution in [1.29, 1.82) is 0 Å². The van der Waals surface area contributed by atoms with E-state index in [4.69, 9.17) is 14.2 Å². The highest BCUT2D eigenvalue weighted by atomic mass is 16.5. The van der Waals surface area contributed by atoms with Crippen molar-refractivity contribution in [3.8, 4) is 11.5 Å². The molecule has 8 nitrogen and oxygen atoms in total. The van der Waals surface area contributed by atoms with Gasteiger partial charge in [0.2, 0.25) is 5.91 Å². The summed E-state index contributed by atoms with van der Waals surface area (Å²) < 4.78 is 15.4. The van der Waals surface area contributed by atoms with E-state index in [1.807, 2.05) is 0 Å². The molecule has 0 aliphatic carbocycles. The van der Waals surface area contributed by atoms with E-state index in [-0.39, 0.29) is 25.0 Å². The minimum absolute atomic E-state index is 0.176. The number of aldehydes is 1. The molecule has 2 amide bonds. The third-order valence-electron chi connectivity index (χ3n) is 3.28. The Morgan fingerprint density at radius 3 is 2.87 bits per heavy atom. The molecule has 0 saturated heterocycles. The molecule has 0 fully saturated rings. The van der Waals surface area contributed by atoms with Crippen LogP contribution in [0.1, 0.15) is 10.4 Å². The molecule has 23 heavy (non-hydrogen) atoms. The summed E-state index contributed by atoms with van der Waals surface area (Å²) in [6, 6.07) is 3.00. The van der Waals surface area contributed by atoms with Crippen molar-refractivity contribution >= 4 is 23.8 Å². The van der Waals surface area contributed by atoms with Gasteiger partial charge < -0.3 is 19.5 Å². The number of amides is 2. The van der Waals surface area contributed by atoms with Crippen molar-refractivity contribution in [3.63, 3.8) is 0 Å². The van der Waals surface area contributed by atoms with E-state index in [0.717, 1.165) is 0 Å². The fraction of sp³-hybridized carbons (Fsp3) is 0.400. The molecule has 1 heterocycles. The summed E-state index contributed by atoms with van der Waals surface area (Å²) in [6.45, 7) is 0.348. The lowest BCUT2D eigenvalue weighted by molar-refractivity contribution is -0.125. The van der Waals surface area contributed by atoms with Crippen LogP contribution in [0.2, 0.25) is 0 Å². The third-order valence-corrected chi connectivity index (χ3v) is 3.28. The lowest BCUT2D eigenvalue weighted by Crippen LogP contribution is -2.45. The van der Waals surface area contributed by atoms with Crippen LogP contribution in [-0.2, 0) is 14.3 Å². The first kappa shape index (κ1) is 16.8. The number of benzene rings is 1. The largest absolute Gasteiger partial charge is 0.493 e. The second-order valence-corrected chi connectivity index (χ2v) is 4.80. The van der Waals surface area contributed by atoms with Crippen LogP contribution < -0.4 is 19.7 Å². The van der Waals surface area contributed by atoms with Crippen molar-refractivity contribution in [1.82, 2.24) is 5.32 Å². The first-order chi connectivity index (χ1) is 11.1. The fourth-order valence-corrected chi connectivity index (χ4v) is 2.19. The van der Waals surface area contributed by atoms with Gasteiger partial charge in [-0.25, -0.2) is 0 Å². The molecular formula is C15H18N2O6. The zero-order valence-electron chi connectivity index (χ0n) is 13.0. The number of nitrogens with one attached hydrogen (secondary N) is 1. The zero-order chi connectivity index (χ0) is 16.8. The maximum atomic E-state index is 12.1. The number of fused-ring (bicyclic) bond motifs is 1. The molecule has 8 heteroatoms. The quantitative estimate of drug-likeness (QED) is 0.561. The molecule has 0 bridgehead atoms. The van der Waals surface area contributed by atoms with Crippen molar-refractivity contribution in [3.05, 3.63) is 17.7 Å². The van der Waals surface area contributed by atoms with Crippen LogP contribution in [0, 0.1) is 0 Å². The molecule has 2 rings (SSSR count). The molecule has 0 unspecified atom stereocenters. The van der Waals surface area contributed by atoms with Gasteiger partial charge in [-0.2, -0.15) is 0 Å². The Labute approximate surface area is 133 Å². The monoisotopic (exact) mass is 322 g/mol. The Bertz CT molecular complexity index is 616. The van der Waals surface area contributed by atoms with Gasteiger partial charge in [0.1, 0.15) is 12.8 Å². The van der Waals surface area contributed by atoms with Gasteiger partial charge in [0.05, 0.1) is 19.4 Å². The Kier molecular flexibility index (Phi) is 5.53. The van der Waals surface area contributed by atoms with Crippen LogP contribution in [-0.4, -0.2) is 58.6 Å². The van der Waals surface area contributed by atoms with Crippen LogP contribution in [0.25, 0.3) is 0 Å². The molecule has 0 aromatic heterocycles. The van der Waals surface area contributed by atoms with Gasteiger partial charge in [-0.1, -0.05) is 0 Å². The summed E-state index contributed by atoms with van der Waals surface area (Å²) in [4.78, 5) is 36.4. The fourth-order valence-electron chi connectivity index (χ4n) is 2.19. The van der Waals surface area contributed by atoms with Gasteiger partial charge in [-0.15, -0.1) is 0 Å². The Morgan fingerprint density at radius 1 is 1.43 bits per heavy atom. The molecule has 124 valence electrons. The number of methoxy groups -OCH3 is 2. The summed E-state index contributed by atoms with van der Waals surface area (Å²) in [5, 5.41) is 2.64. The summed E-state index contributed by atoms with van der Waals surface area (Å²) >= 11 is 0.